The van der Waals surface area contributed by atoms with Crippen molar-refractivity contribution in [3.63, 3.8) is 0 Å². The lowest BCUT2D eigenvalue weighted by Gasteiger charge is -2.00. The maximum atomic E-state index is 6.25. The molecule has 0 fully saturated rings. The molecular formula is C18H30N2. The van der Waals surface area contributed by atoms with Crippen molar-refractivity contribution in [3.05, 3.63) is 36.7 Å². The van der Waals surface area contributed by atoms with Crippen LogP contribution in [0.15, 0.2) is 24.5 Å². The van der Waals surface area contributed by atoms with Crippen molar-refractivity contribution in [1.82, 2.24) is 0 Å². The molecule has 0 N–H and O–H groups in total. The van der Waals surface area contributed by atoms with Gasteiger partial charge in [0.2, 0.25) is 0 Å². The summed E-state index contributed by atoms with van der Waals surface area (Å²) in [4.78, 5) is 0. The Morgan fingerprint density at radius 2 is 1.40 bits per heavy atom. The van der Waals surface area contributed by atoms with Crippen molar-refractivity contribution in [3.8, 4) is 0 Å². The van der Waals surface area contributed by atoms with E-state index in [2.05, 4.69) is 42.9 Å². The molecule has 0 amide bonds. The maximum Gasteiger partial charge on any atom is 0.169 e. The van der Waals surface area contributed by atoms with Gasteiger partial charge in [0, 0.05) is 18.6 Å². The molecule has 2 nitrogen and oxygen atoms in total. The molecule has 0 spiro atoms. The molecule has 0 aromatic carbocycles. The number of aromatic nitrogens is 1. The van der Waals surface area contributed by atoms with E-state index in [1.54, 1.807) is 0 Å². The fraction of sp³-hybridized carbons (Fsp3) is 0.667. The molecular weight excluding hydrogens is 244 g/mol. The molecule has 0 aliphatic carbocycles. The second-order valence-electron chi connectivity index (χ2n) is 5.32. The van der Waals surface area contributed by atoms with Crippen LogP contribution in [0, 0.1) is 11.8 Å². The Morgan fingerprint density at radius 1 is 0.850 bits per heavy atom. The van der Waals surface area contributed by atoms with Crippen molar-refractivity contribution < 1.29 is 4.57 Å². The first-order valence-electron chi connectivity index (χ1n) is 8.07. The molecule has 1 rings (SSSR count). The average molecular weight is 274 g/mol. The summed E-state index contributed by atoms with van der Waals surface area (Å²) in [6, 6.07) is 4.54. The van der Waals surface area contributed by atoms with Crippen LogP contribution in [0.25, 0.3) is 0 Å². The molecule has 0 atom stereocenters. The molecule has 20 heavy (non-hydrogen) atoms. The van der Waals surface area contributed by atoms with Crippen LogP contribution in [0.2, 0.25) is 0 Å². The zero-order valence-corrected chi connectivity index (χ0v) is 13.3. The fourth-order valence-corrected chi connectivity index (χ4v) is 2.34. The molecule has 1 heterocycles. The highest BCUT2D eigenvalue weighted by Gasteiger charge is 2.00. The third-order valence-electron chi connectivity index (χ3n) is 3.52. The fourth-order valence-electron chi connectivity index (χ4n) is 2.34. The van der Waals surface area contributed by atoms with Gasteiger partial charge in [-0.1, -0.05) is 52.4 Å². The lowest BCUT2D eigenvalue weighted by atomic mass is 10.1. The standard InChI is InChI=1S/C17H30N.CN/c1-3-5-6-7-8-9-10-14-18-15-12-17(11-4-2)13-16-18;1-2/h12-13,15-16H,3-11,14H2,1-2H3;/q+1;-1. The van der Waals surface area contributed by atoms with E-state index in [9.17, 15) is 0 Å². The molecule has 0 radical (unpaired) electrons. The molecule has 2 heteroatoms. The predicted molar refractivity (Wildman–Crippen MR) is 83.6 cm³/mol. The highest BCUT2D eigenvalue weighted by atomic mass is 14.9. The molecule has 112 valence electrons. The SMILES string of the molecule is CCCCCCCCC[n+]1ccc(CCC)cc1.[C-]#N. The van der Waals surface area contributed by atoms with Gasteiger partial charge >= 0.3 is 0 Å². The summed E-state index contributed by atoms with van der Waals surface area (Å²) in [5.74, 6) is 0. The normalized spacial score (nSPS) is 9.80. The molecule has 0 saturated carbocycles. The van der Waals surface area contributed by atoms with Gasteiger partial charge < -0.3 is 11.8 Å². The van der Waals surface area contributed by atoms with E-state index in [1.807, 2.05) is 0 Å². The Morgan fingerprint density at radius 3 is 1.95 bits per heavy atom. The van der Waals surface area contributed by atoms with Crippen molar-refractivity contribution >= 4 is 0 Å². The topological polar surface area (TPSA) is 27.7 Å². The van der Waals surface area contributed by atoms with E-state index in [0.29, 0.717) is 0 Å². The summed E-state index contributed by atoms with van der Waals surface area (Å²) in [6.07, 6.45) is 16.6. The highest BCUT2D eigenvalue weighted by Crippen LogP contribution is 2.06. The van der Waals surface area contributed by atoms with Crippen LogP contribution in [0.3, 0.4) is 0 Å². The summed E-state index contributed by atoms with van der Waals surface area (Å²) in [5, 5.41) is 6.25. The smallest absolute Gasteiger partial charge is 0.169 e. The lowest BCUT2D eigenvalue weighted by molar-refractivity contribution is -0.697. The number of unbranched alkanes of at least 4 members (excludes halogenated alkanes) is 6. The van der Waals surface area contributed by atoms with E-state index in [0.717, 1.165) is 0 Å². The van der Waals surface area contributed by atoms with Crippen molar-refractivity contribution in [2.75, 3.05) is 0 Å². The second kappa shape index (κ2) is 14.1. The van der Waals surface area contributed by atoms with E-state index in [-0.39, 0.29) is 0 Å². The van der Waals surface area contributed by atoms with Crippen LogP contribution < -0.4 is 4.57 Å². The van der Waals surface area contributed by atoms with Crippen molar-refractivity contribution in [2.24, 2.45) is 0 Å². The minimum absolute atomic E-state index is 1.18. The van der Waals surface area contributed by atoms with Gasteiger partial charge in [-0.05, 0) is 18.4 Å². The van der Waals surface area contributed by atoms with Crippen molar-refractivity contribution in [1.29, 1.82) is 5.26 Å². The Bertz CT molecular complexity index is 327. The third kappa shape index (κ3) is 9.55. The van der Waals surface area contributed by atoms with E-state index >= 15 is 0 Å². The number of aryl methyl sites for hydroxylation is 2. The zero-order valence-electron chi connectivity index (χ0n) is 13.3. The number of hydrogen-bond donors (Lipinski definition) is 0. The number of pyridine rings is 1. The maximum absolute atomic E-state index is 6.25. The Kier molecular flexibility index (Phi) is 13.1. The summed E-state index contributed by atoms with van der Waals surface area (Å²) < 4.78 is 2.32. The van der Waals surface area contributed by atoms with Gasteiger partial charge in [0.05, 0.1) is 0 Å². The predicted octanol–water partition coefficient (Wildman–Crippen LogP) is 4.77. The average Bonchev–Trinajstić information content (AvgIpc) is 2.50. The van der Waals surface area contributed by atoms with Gasteiger partial charge in [-0.15, -0.1) is 0 Å². The van der Waals surface area contributed by atoms with Gasteiger partial charge in [0.1, 0.15) is 6.54 Å². The summed E-state index contributed by atoms with van der Waals surface area (Å²) in [5.41, 5.74) is 1.47. The van der Waals surface area contributed by atoms with Crippen LogP contribution in [0.1, 0.15) is 70.8 Å². The van der Waals surface area contributed by atoms with Crippen LogP contribution in [-0.2, 0) is 13.0 Å². The van der Waals surface area contributed by atoms with Crippen molar-refractivity contribution in [2.45, 2.75) is 78.2 Å². The number of hydrogen-bond acceptors (Lipinski definition) is 1. The van der Waals surface area contributed by atoms with Crippen LogP contribution >= 0.6 is 0 Å². The van der Waals surface area contributed by atoms with Crippen LogP contribution in [-0.4, -0.2) is 0 Å². The van der Waals surface area contributed by atoms with Gasteiger partial charge in [-0.2, -0.15) is 0 Å². The molecule has 1 aromatic rings. The lowest BCUT2D eigenvalue weighted by Crippen LogP contribution is -2.32. The monoisotopic (exact) mass is 274 g/mol. The van der Waals surface area contributed by atoms with Gasteiger partial charge in [0.25, 0.3) is 0 Å². The van der Waals surface area contributed by atoms with Gasteiger partial charge in [-0.3, -0.25) is 0 Å². The number of rotatable bonds is 10. The zero-order chi connectivity index (χ0) is 15.1. The molecule has 1 aromatic heterocycles. The van der Waals surface area contributed by atoms with Gasteiger partial charge in [0.15, 0.2) is 12.4 Å². The molecule has 0 saturated heterocycles. The first-order valence-corrected chi connectivity index (χ1v) is 8.07. The second-order valence-corrected chi connectivity index (χ2v) is 5.32. The van der Waals surface area contributed by atoms with E-state index in [4.69, 9.17) is 11.8 Å². The Balaban J connectivity index is 0.00000172. The van der Waals surface area contributed by atoms with E-state index < -0.39 is 0 Å². The third-order valence-corrected chi connectivity index (χ3v) is 3.52. The summed E-state index contributed by atoms with van der Waals surface area (Å²) in [7, 11) is 0. The Labute approximate surface area is 125 Å². The molecule has 0 aliphatic rings. The number of nitrogens with zero attached hydrogens (tertiary/aromatic N) is 2. The molecule has 0 bridgehead atoms. The summed E-state index contributed by atoms with van der Waals surface area (Å²) in [6.45, 7) is 10.4. The largest absolute Gasteiger partial charge is 0.512 e. The quantitative estimate of drug-likeness (QED) is 0.343. The first-order chi connectivity index (χ1) is 9.86. The summed E-state index contributed by atoms with van der Waals surface area (Å²) >= 11 is 0. The minimum atomic E-state index is 1.18. The molecule has 0 aliphatic heterocycles. The Hall–Kier alpha value is -1.36. The molecule has 0 unspecified atom stereocenters. The first kappa shape index (κ1) is 18.6. The van der Waals surface area contributed by atoms with Crippen LogP contribution in [0.4, 0.5) is 0 Å². The van der Waals surface area contributed by atoms with Gasteiger partial charge in [-0.25, -0.2) is 4.57 Å². The van der Waals surface area contributed by atoms with E-state index in [1.165, 1.54) is 69.9 Å². The highest BCUT2D eigenvalue weighted by molar-refractivity contribution is 5.06. The van der Waals surface area contributed by atoms with Crippen LogP contribution in [0.5, 0.6) is 0 Å². The minimum Gasteiger partial charge on any atom is -0.512 e.